The van der Waals surface area contributed by atoms with E-state index in [0.717, 1.165) is 23.7 Å². The largest absolute Gasteiger partial charge is 0.0654 e. The van der Waals surface area contributed by atoms with Gasteiger partial charge in [-0.3, -0.25) is 0 Å². The molecule has 1 saturated carbocycles. The van der Waals surface area contributed by atoms with Crippen molar-refractivity contribution in [3.05, 3.63) is 0 Å². The summed E-state index contributed by atoms with van der Waals surface area (Å²) in [6, 6.07) is 0. The third kappa shape index (κ3) is 3.00. The third-order valence-electron chi connectivity index (χ3n) is 4.28. The molecule has 84 valence electrons. The monoisotopic (exact) mass is 196 g/mol. The van der Waals surface area contributed by atoms with Crippen molar-refractivity contribution >= 4 is 0 Å². The maximum absolute atomic E-state index is 2.48. The van der Waals surface area contributed by atoms with Crippen molar-refractivity contribution < 1.29 is 0 Å². The van der Waals surface area contributed by atoms with Crippen molar-refractivity contribution in [2.75, 3.05) is 0 Å². The summed E-state index contributed by atoms with van der Waals surface area (Å²) >= 11 is 0. The molecule has 0 heterocycles. The van der Waals surface area contributed by atoms with Crippen LogP contribution in [0.25, 0.3) is 0 Å². The third-order valence-corrected chi connectivity index (χ3v) is 4.28. The highest BCUT2D eigenvalue weighted by atomic mass is 14.4. The van der Waals surface area contributed by atoms with Crippen LogP contribution in [0.5, 0.6) is 0 Å². The first-order valence-electron chi connectivity index (χ1n) is 6.69. The minimum Gasteiger partial charge on any atom is -0.0654 e. The van der Waals surface area contributed by atoms with Crippen molar-refractivity contribution in [1.29, 1.82) is 0 Å². The van der Waals surface area contributed by atoms with Gasteiger partial charge in [0.1, 0.15) is 0 Å². The van der Waals surface area contributed by atoms with E-state index in [1.54, 1.807) is 0 Å². The Morgan fingerprint density at radius 2 is 1.14 bits per heavy atom. The summed E-state index contributed by atoms with van der Waals surface area (Å²) in [6.07, 6.45) is 8.67. The molecule has 0 saturated heterocycles. The molecule has 1 fully saturated rings. The molecule has 0 N–H and O–H groups in total. The summed E-state index contributed by atoms with van der Waals surface area (Å²) in [5.41, 5.74) is 0. The predicted molar refractivity (Wildman–Crippen MR) is 64.4 cm³/mol. The molecule has 0 heteroatoms. The Kier molecular flexibility index (Phi) is 4.98. The Bertz CT molecular complexity index is 132. The lowest BCUT2D eigenvalue weighted by atomic mass is 9.67. The highest BCUT2D eigenvalue weighted by molar-refractivity contribution is 4.81. The van der Waals surface area contributed by atoms with Crippen LogP contribution in [0.15, 0.2) is 0 Å². The van der Waals surface area contributed by atoms with Crippen molar-refractivity contribution in [3.63, 3.8) is 0 Å². The van der Waals surface area contributed by atoms with Gasteiger partial charge in [0.2, 0.25) is 0 Å². The molecule has 0 spiro atoms. The first-order valence-corrected chi connectivity index (χ1v) is 6.69. The highest BCUT2D eigenvalue weighted by Gasteiger charge is 2.31. The van der Waals surface area contributed by atoms with Crippen molar-refractivity contribution in [1.82, 2.24) is 0 Å². The van der Waals surface area contributed by atoms with Crippen LogP contribution in [-0.2, 0) is 0 Å². The van der Waals surface area contributed by atoms with Crippen molar-refractivity contribution in [3.8, 4) is 0 Å². The summed E-state index contributed by atoms with van der Waals surface area (Å²) in [5, 5.41) is 0. The molecule has 0 aromatic rings. The minimum atomic E-state index is 0.989. The molecule has 0 nitrogen and oxygen atoms in total. The van der Waals surface area contributed by atoms with Gasteiger partial charge in [0.05, 0.1) is 0 Å². The summed E-state index contributed by atoms with van der Waals surface area (Å²) < 4.78 is 0. The van der Waals surface area contributed by atoms with Gasteiger partial charge in [-0.05, 0) is 36.5 Å². The highest BCUT2D eigenvalue weighted by Crippen LogP contribution is 2.41. The second-order valence-corrected chi connectivity index (χ2v) is 5.52. The van der Waals surface area contributed by atoms with Crippen LogP contribution in [0.3, 0.4) is 0 Å². The molecule has 0 bridgehead atoms. The maximum Gasteiger partial charge on any atom is -0.0386 e. The zero-order valence-electron chi connectivity index (χ0n) is 10.6. The van der Waals surface area contributed by atoms with Crippen molar-refractivity contribution in [2.24, 2.45) is 23.7 Å². The summed E-state index contributed by atoms with van der Waals surface area (Å²) in [6.45, 7) is 9.62. The lowest BCUT2D eigenvalue weighted by molar-refractivity contribution is 0.119. The van der Waals surface area contributed by atoms with Gasteiger partial charge in [0, 0.05) is 0 Å². The molecule has 4 atom stereocenters. The lowest BCUT2D eigenvalue weighted by Crippen LogP contribution is -2.29. The van der Waals surface area contributed by atoms with Gasteiger partial charge in [-0.15, -0.1) is 0 Å². The first-order chi connectivity index (χ1) is 6.69. The fourth-order valence-corrected chi connectivity index (χ4v) is 3.35. The molecule has 0 aromatic heterocycles. The normalized spacial score (nSPS) is 38.6. The van der Waals surface area contributed by atoms with E-state index >= 15 is 0 Å². The SMILES string of the molecule is CCCC1CC(C)C(CCC)CC1C. The Balaban J connectivity index is 2.44. The maximum atomic E-state index is 2.48. The molecular weight excluding hydrogens is 168 g/mol. The zero-order chi connectivity index (χ0) is 10.6. The van der Waals surface area contributed by atoms with Crippen LogP contribution in [-0.4, -0.2) is 0 Å². The smallest absolute Gasteiger partial charge is 0.0386 e. The number of hydrogen-bond acceptors (Lipinski definition) is 0. The second kappa shape index (κ2) is 5.78. The van der Waals surface area contributed by atoms with Gasteiger partial charge >= 0.3 is 0 Å². The van der Waals surface area contributed by atoms with Gasteiger partial charge in [-0.25, -0.2) is 0 Å². The van der Waals surface area contributed by atoms with Crippen LogP contribution in [0.2, 0.25) is 0 Å². The Morgan fingerprint density at radius 1 is 0.786 bits per heavy atom. The average Bonchev–Trinajstić information content (AvgIpc) is 2.14. The van der Waals surface area contributed by atoms with Gasteiger partial charge in [0.15, 0.2) is 0 Å². The number of hydrogen-bond donors (Lipinski definition) is 0. The first kappa shape index (κ1) is 12.1. The van der Waals surface area contributed by atoms with Gasteiger partial charge in [-0.2, -0.15) is 0 Å². The fourth-order valence-electron chi connectivity index (χ4n) is 3.35. The molecule has 14 heavy (non-hydrogen) atoms. The minimum absolute atomic E-state index is 0.989. The van der Waals surface area contributed by atoms with E-state index in [2.05, 4.69) is 27.7 Å². The van der Waals surface area contributed by atoms with E-state index < -0.39 is 0 Å². The van der Waals surface area contributed by atoms with Gasteiger partial charge in [-0.1, -0.05) is 53.4 Å². The summed E-state index contributed by atoms with van der Waals surface area (Å²) in [4.78, 5) is 0. The van der Waals surface area contributed by atoms with E-state index in [0.29, 0.717) is 0 Å². The predicted octanol–water partition coefficient (Wildman–Crippen LogP) is 4.89. The van der Waals surface area contributed by atoms with Crippen LogP contribution in [0.4, 0.5) is 0 Å². The number of rotatable bonds is 4. The van der Waals surface area contributed by atoms with Crippen LogP contribution in [0.1, 0.15) is 66.2 Å². The van der Waals surface area contributed by atoms with E-state index in [1.165, 1.54) is 38.5 Å². The molecule has 1 aliphatic rings. The van der Waals surface area contributed by atoms with Gasteiger partial charge in [0.25, 0.3) is 0 Å². The summed E-state index contributed by atoms with van der Waals surface area (Å²) in [5.74, 6) is 4.04. The molecule has 4 unspecified atom stereocenters. The second-order valence-electron chi connectivity index (χ2n) is 5.52. The van der Waals surface area contributed by atoms with Crippen LogP contribution < -0.4 is 0 Å². The zero-order valence-corrected chi connectivity index (χ0v) is 10.6. The molecule has 0 radical (unpaired) electrons. The molecule has 0 aliphatic heterocycles. The molecule has 0 aromatic carbocycles. The van der Waals surface area contributed by atoms with E-state index in [4.69, 9.17) is 0 Å². The Labute approximate surface area is 90.5 Å². The molecule has 1 aliphatic carbocycles. The van der Waals surface area contributed by atoms with Crippen LogP contribution in [0, 0.1) is 23.7 Å². The van der Waals surface area contributed by atoms with E-state index in [9.17, 15) is 0 Å². The fraction of sp³-hybridized carbons (Fsp3) is 1.00. The van der Waals surface area contributed by atoms with Crippen LogP contribution >= 0.6 is 0 Å². The Hall–Kier alpha value is 0. The van der Waals surface area contributed by atoms with Crippen molar-refractivity contribution in [2.45, 2.75) is 66.2 Å². The standard InChI is InChI=1S/C14H28/c1-5-7-13-9-12(4)14(8-6-2)10-11(13)3/h11-14H,5-10H2,1-4H3. The molecular formula is C14H28. The average molecular weight is 196 g/mol. The molecule has 0 amide bonds. The Morgan fingerprint density at radius 3 is 1.43 bits per heavy atom. The van der Waals surface area contributed by atoms with E-state index in [1.807, 2.05) is 0 Å². The van der Waals surface area contributed by atoms with E-state index in [-0.39, 0.29) is 0 Å². The molecule has 1 rings (SSSR count). The lowest BCUT2D eigenvalue weighted by Gasteiger charge is -2.39. The quantitative estimate of drug-likeness (QED) is 0.601. The van der Waals surface area contributed by atoms with Gasteiger partial charge < -0.3 is 0 Å². The topological polar surface area (TPSA) is 0 Å². The summed E-state index contributed by atoms with van der Waals surface area (Å²) in [7, 11) is 0.